The van der Waals surface area contributed by atoms with Gasteiger partial charge in [-0.05, 0) is 36.2 Å². The van der Waals surface area contributed by atoms with E-state index in [4.69, 9.17) is 0 Å². The first kappa shape index (κ1) is 15.5. The molecule has 21 heavy (non-hydrogen) atoms. The van der Waals surface area contributed by atoms with E-state index in [1.54, 1.807) is 13.0 Å². The number of halogens is 3. The first-order valence-electron chi connectivity index (χ1n) is 5.99. The summed E-state index contributed by atoms with van der Waals surface area (Å²) in [5.74, 6) is -2.51. The molecule has 0 saturated carbocycles. The van der Waals surface area contributed by atoms with Crippen molar-refractivity contribution in [1.82, 2.24) is 4.72 Å². The van der Waals surface area contributed by atoms with Crippen LogP contribution in [0, 0.1) is 24.4 Å². The fourth-order valence-corrected chi connectivity index (χ4v) is 2.77. The lowest BCUT2D eigenvalue weighted by Gasteiger charge is -2.08. The van der Waals surface area contributed by atoms with Crippen LogP contribution in [-0.2, 0) is 16.6 Å². The van der Waals surface area contributed by atoms with E-state index in [9.17, 15) is 21.6 Å². The zero-order valence-corrected chi connectivity index (χ0v) is 11.8. The van der Waals surface area contributed by atoms with Gasteiger partial charge in [0.05, 0.1) is 0 Å². The predicted molar refractivity (Wildman–Crippen MR) is 71.5 cm³/mol. The molecule has 0 unspecified atom stereocenters. The van der Waals surface area contributed by atoms with Gasteiger partial charge in [0.2, 0.25) is 10.0 Å². The van der Waals surface area contributed by atoms with Crippen molar-refractivity contribution in [2.75, 3.05) is 0 Å². The summed E-state index contributed by atoms with van der Waals surface area (Å²) in [5, 5.41) is 0. The molecule has 3 nitrogen and oxygen atoms in total. The Morgan fingerprint density at radius 2 is 1.71 bits per heavy atom. The van der Waals surface area contributed by atoms with Crippen molar-refractivity contribution in [3.05, 3.63) is 65.0 Å². The maximum Gasteiger partial charge on any atom is 0.243 e. The van der Waals surface area contributed by atoms with Crippen molar-refractivity contribution in [2.24, 2.45) is 0 Å². The summed E-state index contributed by atoms with van der Waals surface area (Å²) in [4.78, 5) is -0.656. The molecule has 0 bridgehead atoms. The molecular weight excluding hydrogens is 303 g/mol. The molecule has 112 valence electrons. The third-order valence-corrected chi connectivity index (χ3v) is 4.32. The van der Waals surface area contributed by atoms with Gasteiger partial charge in [-0.2, -0.15) is 0 Å². The van der Waals surface area contributed by atoms with Gasteiger partial charge < -0.3 is 0 Å². The zero-order chi connectivity index (χ0) is 15.6. The van der Waals surface area contributed by atoms with Gasteiger partial charge >= 0.3 is 0 Å². The number of sulfonamides is 1. The van der Waals surface area contributed by atoms with Crippen LogP contribution in [0.2, 0.25) is 0 Å². The summed E-state index contributed by atoms with van der Waals surface area (Å²) < 4.78 is 65.6. The van der Waals surface area contributed by atoms with Gasteiger partial charge in [0.1, 0.15) is 22.3 Å². The van der Waals surface area contributed by atoms with Crippen LogP contribution in [0.3, 0.4) is 0 Å². The van der Waals surface area contributed by atoms with E-state index in [0.717, 1.165) is 12.1 Å². The van der Waals surface area contributed by atoms with E-state index < -0.39 is 32.4 Å². The second kappa shape index (κ2) is 5.87. The van der Waals surface area contributed by atoms with E-state index in [2.05, 4.69) is 4.72 Å². The summed E-state index contributed by atoms with van der Waals surface area (Å²) in [6, 6.07) is 6.43. The Hall–Kier alpha value is -1.86. The van der Waals surface area contributed by atoms with Gasteiger partial charge in [-0.1, -0.05) is 12.1 Å². The Morgan fingerprint density at radius 1 is 1.00 bits per heavy atom. The lowest BCUT2D eigenvalue weighted by atomic mass is 10.1. The van der Waals surface area contributed by atoms with Gasteiger partial charge in [0.15, 0.2) is 0 Å². The average molecular weight is 315 g/mol. The standard InChI is InChI=1S/C14H12F3NO2S/c1-9-2-3-10(6-12(9)16)8-18-21(19,20)14-5-4-11(15)7-13(14)17/h2-7,18H,8H2,1H3. The molecule has 0 aliphatic carbocycles. The van der Waals surface area contributed by atoms with E-state index in [0.29, 0.717) is 17.2 Å². The van der Waals surface area contributed by atoms with Gasteiger partial charge in [0, 0.05) is 12.6 Å². The molecule has 0 heterocycles. The number of hydrogen-bond acceptors (Lipinski definition) is 2. The quantitative estimate of drug-likeness (QED) is 0.943. The molecule has 0 fully saturated rings. The number of aryl methyl sites for hydroxylation is 1. The van der Waals surface area contributed by atoms with Gasteiger partial charge in [0.25, 0.3) is 0 Å². The number of hydrogen-bond donors (Lipinski definition) is 1. The Labute approximate surface area is 120 Å². The lowest BCUT2D eigenvalue weighted by Crippen LogP contribution is -2.24. The van der Waals surface area contributed by atoms with Crippen molar-refractivity contribution in [3.8, 4) is 0 Å². The highest BCUT2D eigenvalue weighted by molar-refractivity contribution is 7.89. The predicted octanol–water partition coefficient (Wildman–Crippen LogP) is 2.89. The summed E-state index contributed by atoms with van der Waals surface area (Å²) in [6.45, 7) is 1.38. The highest BCUT2D eigenvalue weighted by Gasteiger charge is 2.19. The minimum absolute atomic E-state index is 0.198. The van der Waals surface area contributed by atoms with Gasteiger partial charge in [-0.3, -0.25) is 0 Å². The summed E-state index contributed by atoms with van der Waals surface area (Å²) >= 11 is 0. The van der Waals surface area contributed by atoms with Crippen LogP contribution in [0.25, 0.3) is 0 Å². The Kier molecular flexibility index (Phi) is 4.34. The minimum atomic E-state index is -4.14. The van der Waals surface area contributed by atoms with Crippen LogP contribution in [0.5, 0.6) is 0 Å². The van der Waals surface area contributed by atoms with Crippen LogP contribution in [0.4, 0.5) is 13.2 Å². The molecule has 0 atom stereocenters. The first-order valence-corrected chi connectivity index (χ1v) is 7.47. The van der Waals surface area contributed by atoms with E-state index in [1.165, 1.54) is 12.1 Å². The second-order valence-electron chi connectivity index (χ2n) is 4.48. The second-order valence-corrected chi connectivity index (χ2v) is 6.22. The molecule has 0 saturated heterocycles. The zero-order valence-electron chi connectivity index (χ0n) is 11.0. The molecule has 0 radical (unpaired) electrons. The molecule has 2 aromatic carbocycles. The molecule has 0 amide bonds. The van der Waals surface area contributed by atoms with Crippen LogP contribution < -0.4 is 4.72 Å². The highest BCUT2D eigenvalue weighted by atomic mass is 32.2. The fourth-order valence-electron chi connectivity index (χ4n) is 1.70. The monoisotopic (exact) mass is 315 g/mol. The molecule has 0 aliphatic heterocycles. The van der Waals surface area contributed by atoms with E-state index in [-0.39, 0.29) is 6.54 Å². The van der Waals surface area contributed by atoms with E-state index in [1.807, 2.05) is 0 Å². The van der Waals surface area contributed by atoms with Crippen molar-refractivity contribution < 1.29 is 21.6 Å². The number of rotatable bonds is 4. The smallest absolute Gasteiger partial charge is 0.207 e. The maximum atomic E-state index is 13.5. The largest absolute Gasteiger partial charge is 0.243 e. The molecule has 2 rings (SSSR count). The summed E-state index contributed by atoms with van der Waals surface area (Å²) in [7, 11) is -4.14. The van der Waals surface area contributed by atoms with Crippen LogP contribution in [0.15, 0.2) is 41.3 Å². The molecule has 1 N–H and O–H groups in total. The van der Waals surface area contributed by atoms with Crippen molar-refractivity contribution in [2.45, 2.75) is 18.4 Å². The Morgan fingerprint density at radius 3 is 2.33 bits per heavy atom. The first-order chi connectivity index (χ1) is 9.79. The van der Waals surface area contributed by atoms with Crippen LogP contribution >= 0.6 is 0 Å². The maximum absolute atomic E-state index is 13.5. The average Bonchev–Trinajstić information content (AvgIpc) is 2.40. The molecule has 7 heteroatoms. The molecular formula is C14H12F3NO2S. The van der Waals surface area contributed by atoms with E-state index >= 15 is 0 Å². The van der Waals surface area contributed by atoms with Crippen molar-refractivity contribution in [3.63, 3.8) is 0 Å². The van der Waals surface area contributed by atoms with Crippen molar-refractivity contribution >= 4 is 10.0 Å². The molecule has 2 aromatic rings. The molecule has 0 spiro atoms. The van der Waals surface area contributed by atoms with Crippen molar-refractivity contribution in [1.29, 1.82) is 0 Å². The van der Waals surface area contributed by atoms with Gasteiger partial charge in [-0.15, -0.1) is 0 Å². The highest BCUT2D eigenvalue weighted by Crippen LogP contribution is 2.16. The van der Waals surface area contributed by atoms with Crippen LogP contribution in [0.1, 0.15) is 11.1 Å². The number of nitrogens with one attached hydrogen (secondary N) is 1. The molecule has 0 aromatic heterocycles. The van der Waals surface area contributed by atoms with Crippen LogP contribution in [-0.4, -0.2) is 8.42 Å². The van der Waals surface area contributed by atoms with Gasteiger partial charge in [-0.25, -0.2) is 26.3 Å². The lowest BCUT2D eigenvalue weighted by molar-refractivity contribution is 0.542. The topological polar surface area (TPSA) is 46.2 Å². The summed E-state index contributed by atoms with van der Waals surface area (Å²) in [6.07, 6.45) is 0. The minimum Gasteiger partial charge on any atom is -0.207 e. The third-order valence-electron chi connectivity index (χ3n) is 2.89. The fraction of sp³-hybridized carbons (Fsp3) is 0.143. The molecule has 0 aliphatic rings. The third kappa shape index (κ3) is 3.62. The normalized spacial score (nSPS) is 11.6. The number of benzene rings is 2. The summed E-state index contributed by atoms with van der Waals surface area (Å²) in [5.41, 5.74) is 0.829. The Balaban J connectivity index is 2.19. The Bertz CT molecular complexity index is 776. The SMILES string of the molecule is Cc1ccc(CNS(=O)(=O)c2ccc(F)cc2F)cc1F.